The molecule has 12 heavy (non-hydrogen) atoms. The minimum absolute atomic E-state index is 0.0555. The predicted octanol–water partition coefficient (Wildman–Crippen LogP) is -0.798. The Morgan fingerprint density at radius 1 is 1.42 bits per heavy atom. The lowest BCUT2D eigenvalue weighted by molar-refractivity contribution is 0.285. The van der Waals surface area contributed by atoms with Crippen molar-refractivity contribution in [3.8, 4) is 6.07 Å². The van der Waals surface area contributed by atoms with E-state index in [2.05, 4.69) is 4.72 Å². The van der Waals surface area contributed by atoms with Gasteiger partial charge in [-0.25, -0.2) is 13.1 Å². The molecule has 0 atom stereocenters. The highest BCUT2D eigenvalue weighted by atomic mass is 32.2. The van der Waals surface area contributed by atoms with E-state index in [1.807, 2.05) is 0 Å². The summed E-state index contributed by atoms with van der Waals surface area (Å²) in [5.74, 6) is -0.508. The van der Waals surface area contributed by atoms with E-state index in [0.717, 1.165) is 0 Å². The molecule has 0 rings (SSSR count). The molecule has 0 aliphatic heterocycles. The van der Waals surface area contributed by atoms with E-state index in [1.54, 1.807) is 6.07 Å². The Balaban J connectivity index is 3.57. The second-order valence-corrected chi connectivity index (χ2v) is 4.05. The smallest absolute Gasteiger partial charge is 0.225 e. The molecule has 6 heteroatoms. The molecule has 0 aromatic heterocycles. The number of rotatable bonds is 6. The van der Waals surface area contributed by atoms with E-state index in [0.29, 0.717) is 12.8 Å². The molecule has 0 aliphatic rings. The van der Waals surface area contributed by atoms with Gasteiger partial charge in [-0.05, 0) is 12.8 Å². The molecular weight excluding hydrogens is 180 g/mol. The molecule has 5 nitrogen and oxygen atoms in total. The van der Waals surface area contributed by atoms with Crippen LogP contribution in [0.1, 0.15) is 12.8 Å². The van der Waals surface area contributed by atoms with Crippen molar-refractivity contribution in [2.75, 3.05) is 18.9 Å². The third kappa shape index (κ3) is 6.09. The van der Waals surface area contributed by atoms with Gasteiger partial charge in [-0.1, -0.05) is 0 Å². The monoisotopic (exact) mass is 192 g/mol. The number of hydrogen-bond acceptors (Lipinski definition) is 4. The minimum atomic E-state index is -3.40. The molecular formula is C6H12N2O3S. The van der Waals surface area contributed by atoms with Crippen molar-refractivity contribution in [2.45, 2.75) is 12.8 Å². The lowest BCUT2D eigenvalue weighted by atomic mass is 10.3. The Bertz CT molecular complexity index is 242. The Hall–Kier alpha value is -0.640. The van der Waals surface area contributed by atoms with Crippen LogP contribution in [-0.2, 0) is 10.0 Å². The molecule has 0 heterocycles. The van der Waals surface area contributed by atoms with Crippen LogP contribution in [0.15, 0.2) is 0 Å². The zero-order valence-electron chi connectivity index (χ0n) is 6.65. The number of hydrogen-bond donors (Lipinski definition) is 2. The summed E-state index contributed by atoms with van der Waals surface area (Å²) in [7, 11) is -3.40. The van der Waals surface area contributed by atoms with E-state index >= 15 is 0 Å². The SMILES string of the molecule is N#CCS(=O)(=O)NCCCCO. The second-order valence-electron chi connectivity index (χ2n) is 2.24. The van der Waals surface area contributed by atoms with Crippen molar-refractivity contribution < 1.29 is 13.5 Å². The fourth-order valence-corrected chi connectivity index (χ4v) is 1.33. The van der Waals surface area contributed by atoms with Gasteiger partial charge in [-0.15, -0.1) is 0 Å². The van der Waals surface area contributed by atoms with Gasteiger partial charge in [-0.3, -0.25) is 0 Å². The molecule has 0 aromatic carbocycles. The maximum absolute atomic E-state index is 10.8. The molecule has 0 fully saturated rings. The molecule has 0 saturated heterocycles. The van der Waals surface area contributed by atoms with E-state index in [-0.39, 0.29) is 13.2 Å². The van der Waals surface area contributed by atoms with E-state index in [4.69, 9.17) is 10.4 Å². The first-order valence-electron chi connectivity index (χ1n) is 3.57. The van der Waals surface area contributed by atoms with E-state index in [1.165, 1.54) is 0 Å². The highest BCUT2D eigenvalue weighted by molar-refractivity contribution is 7.89. The molecule has 0 amide bonds. The fourth-order valence-electron chi connectivity index (χ4n) is 0.600. The number of unbranched alkanes of at least 4 members (excludes halogenated alkanes) is 1. The molecule has 0 aliphatic carbocycles. The average Bonchev–Trinajstić information content (AvgIpc) is 1.98. The highest BCUT2D eigenvalue weighted by Gasteiger charge is 2.06. The standard InChI is InChI=1S/C6H12N2O3S/c7-3-6-12(10,11)8-4-1-2-5-9/h8-9H,1-2,4-6H2. The van der Waals surface area contributed by atoms with Gasteiger partial charge in [0.05, 0.1) is 6.07 Å². The van der Waals surface area contributed by atoms with Crippen LogP contribution >= 0.6 is 0 Å². The summed E-state index contributed by atoms with van der Waals surface area (Å²) < 4.78 is 23.8. The number of aliphatic hydroxyl groups excluding tert-OH is 1. The van der Waals surface area contributed by atoms with E-state index in [9.17, 15) is 8.42 Å². The summed E-state index contributed by atoms with van der Waals surface area (Å²) in [6.45, 7) is 0.338. The Labute approximate surface area is 72.1 Å². The maximum atomic E-state index is 10.8. The van der Waals surface area contributed by atoms with Crippen LogP contribution < -0.4 is 4.72 Å². The minimum Gasteiger partial charge on any atom is -0.396 e. The van der Waals surface area contributed by atoms with Crippen molar-refractivity contribution in [2.24, 2.45) is 0 Å². The molecule has 0 aromatic rings. The zero-order valence-corrected chi connectivity index (χ0v) is 7.47. The summed E-state index contributed by atoms with van der Waals surface area (Å²) in [5.41, 5.74) is 0. The third-order valence-electron chi connectivity index (χ3n) is 1.16. The van der Waals surface area contributed by atoms with Crippen LogP contribution in [0.25, 0.3) is 0 Å². The van der Waals surface area contributed by atoms with Crippen LogP contribution in [0.5, 0.6) is 0 Å². The van der Waals surface area contributed by atoms with Crippen molar-refractivity contribution in [3.63, 3.8) is 0 Å². The van der Waals surface area contributed by atoms with E-state index < -0.39 is 15.8 Å². The van der Waals surface area contributed by atoms with Crippen molar-refractivity contribution in [1.82, 2.24) is 4.72 Å². The number of aliphatic hydroxyl groups is 1. The fraction of sp³-hybridized carbons (Fsp3) is 0.833. The Kier molecular flexibility index (Phi) is 5.62. The first-order chi connectivity index (χ1) is 5.62. The predicted molar refractivity (Wildman–Crippen MR) is 43.7 cm³/mol. The summed E-state index contributed by atoms with van der Waals surface area (Å²) >= 11 is 0. The number of sulfonamides is 1. The van der Waals surface area contributed by atoms with Crippen molar-refractivity contribution in [1.29, 1.82) is 5.26 Å². The maximum Gasteiger partial charge on any atom is 0.225 e. The number of nitriles is 1. The van der Waals surface area contributed by atoms with Gasteiger partial charge in [0.1, 0.15) is 0 Å². The Morgan fingerprint density at radius 3 is 2.58 bits per heavy atom. The molecule has 0 spiro atoms. The average molecular weight is 192 g/mol. The summed E-state index contributed by atoms with van der Waals surface area (Å²) in [4.78, 5) is 0. The van der Waals surface area contributed by atoms with Crippen LogP contribution in [0.2, 0.25) is 0 Å². The Morgan fingerprint density at radius 2 is 2.08 bits per heavy atom. The van der Waals surface area contributed by atoms with Crippen LogP contribution in [0.3, 0.4) is 0 Å². The van der Waals surface area contributed by atoms with Crippen molar-refractivity contribution in [3.05, 3.63) is 0 Å². The van der Waals surface area contributed by atoms with Gasteiger partial charge in [-0.2, -0.15) is 5.26 Å². The number of nitrogens with zero attached hydrogens (tertiary/aromatic N) is 1. The lowest BCUT2D eigenvalue weighted by Crippen LogP contribution is -2.26. The molecule has 0 saturated carbocycles. The molecule has 70 valence electrons. The molecule has 2 N–H and O–H groups in total. The lowest BCUT2D eigenvalue weighted by Gasteiger charge is -2.01. The quantitative estimate of drug-likeness (QED) is 0.539. The molecule has 0 bridgehead atoms. The number of nitrogens with one attached hydrogen (secondary N) is 1. The van der Waals surface area contributed by atoms with Gasteiger partial charge in [0.25, 0.3) is 0 Å². The van der Waals surface area contributed by atoms with Gasteiger partial charge in [0.2, 0.25) is 10.0 Å². The van der Waals surface area contributed by atoms with Gasteiger partial charge >= 0.3 is 0 Å². The zero-order chi connectivity index (χ0) is 9.45. The third-order valence-corrected chi connectivity index (χ3v) is 2.31. The first-order valence-corrected chi connectivity index (χ1v) is 5.23. The largest absolute Gasteiger partial charge is 0.396 e. The van der Waals surface area contributed by atoms with Gasteiger partial charge in [0, 0.05) is 13.2 Å². The summed E-state index contributed by atoms with van der Waals surface area (Å²) in [5, 5.41) is 16.5. The van der Waals surface area contributed by atoms with Gasteiger partial charge < -0.3 is 5.11 Å². The summed E-state index contributed by atoms with van der Waals surface area (Å²) in [6.07, 6.45) is 1.15. The normalized spacial score (nSPS) is 11.0. The van der Waals surface area contributed by atoms with Crippen LogP contribution in [0, 0.1) is 11.3 Å². The summed E-state index contributed by atoms with van der Waals surface area (Å²) in [6, 6.07) is 1.55. The first kappa shape index (κ1) is 11.4. The van der Waals surface area contributed by atoms with Crippen LogP contribution in [0.4, 0.5) is 0 Å². The van der Waals surface area contributed by atoms with Gasteiger partial charge in [0.15, 0.2) is 5.75 Å². The van der Waals surface area contributed by atoms with Crippen molar-refractivity contribution >= 4 is 10.0 Å². The second kappa shape index (κ2) is 5.94. The van der Waals surface area contributed by atoms with Crippen LogP contribution in [-0.4, -0.2) is 32.4 Å². The highest BCUT2D eigenvalue weighted by Crippen LogP contribution is 1.87. The molecule has 0 radical (unpaired) electrons. The topological polar surface area (TPSA) is 90.2 Å². The molecule has 0 unspecified atom stereocenters.